The summed E-state index contributed by atoms with van der Waals surface area (Å²) in [6, 6.07) is 0. The number of nitrogens with one attached hydrogen (secondary N) is 1. The van der Waals surface area contributed by atoms with Crippen molar-refractivity contribution < 1.29 is 9.53 Å². The first-order valence-electron chi connectivity index (χ1n) is 3.39. The highest BCUT2D eigenvalue weighted by atomic mass is 16.6. The maximum Gasteiger partial charge on any atom is 0.331 e. The zero-order valence-corrected chi connectivity index (χ0v) is 5.80. The summed E-state index contributed by atoms with van der Waals surface area (Å²) in [6.45, 7) is 4.24. The van der Waals surface area contributed by atoms with E-state index in [1.165, 1.54) is 6.08 Å². The Labute approximate surface area is 60.1 Å². The van der Waals surface area contributed by atoms with Gasteiger partial charge in [-0.15, -0.1) is 0 Å². The Morgan fingerprint density at radius 2 is 2.60 bits per heavy atom. The van der Waals surface area contributed by atoms with Gasteiger partial charge in [0.1, 0.15) is 0 Å². The Balaban J connectivity index is 2.23. The number of carbonyl (C=O) groups is 1. The summed E-state index contributed by atoms with van der Waals surface area (Å²) in [4.78, 5) is 10.6. The Morgan fingerprint density at radius 1 is 1.80 bits per heavy atom. The van der Waals surface area contributed by atoms with E-state index in [-0.39, 0.29) is 12.2 Å². The molecule has 10 heavy (non-hydrogen) atoms. The molecule has 1 saturated heterocycles. The second-order valence-corrected chi connectivity index (χ2v) is 2.23. The molecule has 0 amide bonds. The van der Waals surface area contributed by atoms with E-state index in [4.69, 9.17) is 4.74 Å². The van der Waals surface area contributed by atoms with Crippen molar-refractivity contribution in [3.63, 3.8) is 0 Å². The molecule has 1 heterocycles. The molecule has 56 valence electrons. The molecule has 3 heteroatoms. The van der Waals surface area contributed by atoms with Gasteiger partial charge in [-0.25, -0.2) is 4.79 Å². The lowest BCUT2D eigenvalue weighted by Crippen LogP contribution is -2.26. The van der Waals surface area contributed by atoms with E-state index in [2.05, 4.69) is 11.9 Å². The molecule has 0 spiro atoms. The number of ether oxygens (including phenoxy) is 1. The molecule has 0 aromatic carbocycles. The summed E-state index contributed by atoms with van der Waals surface area (Å²) in [7, 11) is 0. The number of carbonyl (C=O) groups excluding carboxylic acids is 1. The van der Waals surface area contributed by atoms with Crippen molar-refractivity contribution >= 4 is 5.97 Å². The van der Waals surface area contributed by atoms with Crippen molar-refractivity contribution in [2.24, 2.45) is 0 Å². The molecule has 0 aromatic heterocycles. The van der Waals surface area contributed by atoms with Crippen molar-refractivity contribution in [2.75, 3.05) is 6.54 Å². The second-order valence-electron chi connectivity index (χ2n) is 2.23. The molecule has 3 nitrogen and oxygen atoms in total. The quantitative estimate of drug-likeness (QED) is 0.447. The topological polar surface area (TPSA) is 38.3 Å². The van der Waals surface area contributed by atoms with Gasteiger partial charge in [0.25, 0.3) is 0 Å². The van der Waals surface area contributed by atoms with Crippen LogP contribution in [0.5, 0.6) is 0 Å². The van der Waals surface area contributed by atoms with Crippen molar-refractivity contribution in [1.82, 2.24) is 5.32 Å². The summed E-state index contributed by atoms with van der Waals surface area (Å²) < 4.78 is 4.89. The average molecular weight is 141 g/mol. The van der Waals surface area contributed by atoms with Gasteiger partial charge in [-0.05, 0) is 19.4 Å². The van der Waals surface area contributed by atoms with Crippen molar-refractivity contribution in [2.45, 2.75) is 19.1 Å². The van der Waals surface area contributed by atoms with Crippen LogP contribution in [0.1, 0.15) is 12.8 Å². The summed E-state index contributed by atoms with van der Waals surface area (Å²) in [5.74, 6) is -0.348. The molecule has 1 unspecified atom stereocenters. The molecule has 0 saturated carbocycles. The van der Waals surface area contributed by atoms with Gasteiger partial charge >= 0.3 is 5.97 Å². The summed E-state index contributed by atoms with van der Waals surface area (Å²) >= 11 is 0. The molecule has 0 aromatic rings. The molecular formula is C7H11NO2. The minimum atomic E-state index is -0.348. The highest BCUT2D eigenvalue weighted by Gasteiger charge is 2.16. The first-order chi connectivity index (χ1) is 4.83. The lowest BCUT2D eigenvalue weighted by atomic mass is 10.4. The van der Waals surface area contributed by atoms with E-state index < -0.39 is 0 Å². The van der Waals surface area contributed by atoms with Crippen LogP contribution in [0.3, 0.4) is 0 Å². The van der Waals surface area contributed by atoms with E-state index in [9.17, 15) is 4.79 Å². The fourth-order valence-electron chi connectivity index (χ4n) is 0.941. The predicted molar refractivity (Wildman–Crippen MR) is 37.3 cm³/mol. The van der Waals surface area contributed by atoms with Gasteiger partial charge in [0.15, 0.2) is 6.23 Å². The van der Waals surface area contributed by atoms with E-state index in [1.54, 1.807) is 0 Å². The predicted octanol–water partition coefficient (Wildman–Crippen LogP) is 0.425. The largest absolute Gasteiger partial charge is 0.443 e. The van der Waals surface area contributed by atoms with Gasteiger partial charge in [-0.3, -0.25) is 5.32 Å². The third-order valence-corrected chi connectivity index (χ3v) is 1.44. The smallest absolute Gasteiger partial charge is 0.331 e. The van der Waals surface area contributed by atoms with Crippen LogP contribution in [-0.2, 0) is 9.53 Å². The van der Waals surface area contributed by atoms with Gasteiger partial charge in [-0.1, -0.05) is 6.58 Å². The molecule has 0 aliphatic carbocycles. The lowest BCUT2D eigenvalue weighted by Gasteiger charge is -2.08. The maximum absolute atomic E-state index is 10.6. The molecule has 0 radical (unpaired) electrons. The first-order valence-corrected chi connectivity index (χ1v) is 3.39. The summed E-state index contributed by atoms with van der Waals surface area (Å²) in [5, 5.41) is 3.03. The summed E-state index contributed by atoms with van der Waals surface area (Å²) in [6.07, 6.45) is 3.10. The molecule has 1 aliphatic rings. The number of hydrogen-bond donors (Lipinski definition) is 1. The third kappa shape index (κ3) is 1.84. The van der Waals surface area contributed by atoms with Crippen molar-refractivity contribution in [1.29, 1.82) is 0 Å². The van der Waals surface area contributed by atoms with Crippen LogP contribution in [0.15, 0.2) is 12.7 Å². The monoisotopic (exact) mass is 141 g/mol. The van der Waals surface area contributed by atoms with Crippen LogP contribution in [0.2, 0.25) is 0 Å². The Bertz CT molecular complexity index is 139. The third-order valence-electron chi connectivity index (χ3n) is 1.44. The van der Waals surface area contributed by atoms with Crippen molar-refractivity contribution in [3.05, 3.63) is 12.7 Å². The molecule has 1 aliphatic heterocycles. The van der Waals surface area contributed by atoms with Gasteiger partial charge in [0.2, 0.25) is 0 Å². The standard InChI is InChI=1S/C7H11NO2/c1-2-7(9)10-6-4-3-5-8-6/h2,6,8H,1,3-5H2. The van der Waals surface area contributed by atoms with Crippen LogP contribution in [0.4, 0.5) is 0 Å². The van der Waals surface area contributed by atoms with E-state index >= 15 is 0 Å². The van der Waals surface area contributed by atoms with Gasteiger partial charge in [0, 0.05) is 6.08 Å². The van der Waals surface area contributed by atoms with E-state index in [0.29, 0.717) is 0 Å². The Hall–Kier alpha value is -0.830. The van der Waals surface area contributed by atoms with Gasteiger partial charge in [0.05, 0.1) is 0 Å². The Kier molecular flexibility index (Phi) is 2.45. The van der Waals surface area contributed by atoms with Crippen LogP contribution in [0.25, 0.3) is 0 Å². The minimum Gasteiger partial charge on any atom is -0.443 e. The average Bonchev–Trinajstić information content (AvgIpc) is 2.40. The van der Waals surface area contributed by atoms with Gasteiger partial charge < -0.3 is 4.74 Å². The van der Waals surface area contributed by atoms with Crippen molar-refractivity contribution in [3.8, 4) is 0 Å². The van der Waals surface area contributed by atoms with Crippen LogP contribution in [0, 0.1) is 0 Å². The molecule has 1 atom stereocenters. The number of hydrogen-bond acceptors (Lipinski definition) is 3. The molecule has 1 N–H and O–H groups in total. The molecule has 1 fully saturated rings. The fraction of sp³-hybridized carbons (Fsp3) is 0.571. The van der Waals surface area contributed by atoms with Crippen LogP contribution >= 0.6 is 0 Å². The summed E-state index contributed by atoms with van der Waals surface area (Å²) in [5.41, 5.74) is 0. The van der Waals surface area contributed by atoms with Crippen LogP contribution in [-0.4, -0.2) is 18.7 Å². The molecular weight excluding hydrogens is 130 g/mol. The SMILES string of the molecule is C=CC(=O)OC1CCCN1. The fourth-order valence-corrected chi connectivity index (χ4v) is 0.941. The zero-order valence-electron chi connectivity index (χ0n) is 5.80. The number of esters is 1. The van der Waals surface area contributed by atoms with Crippen LogP contribution < -0.4 is 5.32 Å². The van der Waals surface area contributed by atoms with E-state index in [0.717, 1.165) is 19.4 Å². The second kappa shape index (κ2) is 3.37. The van der Waals surface area contributed by atoms with E-state index in [1.807, 2.05) is 0 Å². The zero-order chi connectivity index (χ0) is 7.40. The number of rotatable bonds is 2. The molecule has 1 rings (SSSR count). The minimum absolute atomic E-state index is 0.0782. The first kappa shape index (κ1) is 7.28. The molecule has 0 bridgehead atoms. The Morgan fingerprint density at radius 3 is 3.10 bits per heavy atom. The highest BCUT2D eigenvalue weighted by Crippen LogP contribution is 2.05. The van der Waals surface area contributed by atoms with Gasteiger partial charge in [-0.2, -0.15) is 0 Å². The maximum atomic E-state index is 10.6. The lowest BCUT2D eigenvalue weighted by molar-refractivity contribution is -0.143. The normalized spacial score (nSPS) is 24.2. The highest BCUT2D eigenvalue weighted by molar-refractivity contribution is 5.81.